The first-order valence-corrected chi connectivity index (χ1v) is 18.3. The van der Waals surface area contributed by atoms with Crippen LogP contribution in [-0.2, 0) is 0 Å². The van der Waals surface area contributed by atoms with Crippen LogP contribution in [0.1, 0.15) is 71.1 Å². The molecule has 2 heterocycles. The highest BCUT2D eigenvalue weighted by atomic mass is 14.7. The molecule has 0 aliphatic heterocycles. The Morgan fingerprint density at radius 1 is 0.547 bits per heavy atom. The molecule has 0 aliphatic rings. The van der Waals surface area contributed by atoms with Crippen LogP contribution in [-0.4, -0.2) is 9.97 Å². The van der Waals surface area contributed by atoms with Crippen molar-refractivity contribution in [3.63, 3.8) is 0 Å². The monoisotopic (exact) mass is 688 g/mol. The van der Waals surface area contributed by atoms with E-state index in [1.165, 1.54) is 44.5 Å². The van der Waals surface area contributed by atoms with Gasteiger partial charge in [-0.2, -0.15) is 0 Å². The minimum absolute atomic E-state index is 0.864. The zero-order valence-corrected chi connectivity index (χ0v) is 32.0. The molecule has 6 aromatic rings. The number of benzene rings is 4. The quantitative estimate of drug-likeness (QED) is 0.134. The predicted octanol–water partition coefficient (Wildman–Crippen LogP) is 13.5. The lowest BCUT2D eigenvalue weighted by molar-refractivity contribution is 1.23. The molecule has 53 heavy (non-hydrogen) atoms. The Kier molecular flexibility index (Phi) is 11.4. The zero-order valence-electron chi connectivity index (χ0n) is 32.0. The highest BCUT2D eigenvalue weighted by Crippen LogP contribution is 2.42. The fraction of sp³-hybridized carbons (Fsp3) is 0.137. The Balaban J connectivity index is 1.71. The summed E-state index contributed by atoms with van der Waals surface area (Å²) in [6.07, 6.45) is 8.27. The highest BCUT2D eigenvalue weighted by Gasteiger charge is 2.21. The van der Waals surface area contributed by atoms with E-state index in [1.807, 2.05) is 24.5 Å². The van der Waals surface area contributed by atoms with Crippen molar-refractivity contribution < 1.29 is 0 Å². The Morgan fingerprint density at radius 2 is 1.11 bits per heavy atom. The van der Waals surface area contributed by atoms with Crippen molar-refractivity contribution >= 4 is 27.9 Å². The van der Waals surface area contributed by atoms with Crippen LogP contribution in [0.3, 0.4) is 0 Å². The third-order valence-electron chi connectivity index (χ3n) is 10.0. The molecule has 0 bridgehead atoms. The topological polar surface area (TPSA) is 25.8 Å². The molecular formula is C51H48N2. The van der Waals surface area contributed by atoms with E-state index >= 15 is 0 Å². The summed E-state index contributed by atoms with van der Waals surface area (Å²) >= 11 is 0. The number of nitrogens with zero attached hydrogens (tertiary/aromatic N) is 2. The average molecular weight is 689 g/mol. The summed E-state index contributed by atoms with van der Waals surface area (Å²) < 4.78 is 0. The standard InChI is InChI=1S/C51H48N2/c1-34-26-28-52-49(30-34)37(4)32-47(42-19-11-9-12-20-42)40(7)51(46-25-17-24-45(39(46)6)44-23-16-15-18-36(44)3)41(8)48(43-21-13-10-14-22-43)33-38(5)50-31-35(2)27-29-53-50/h9-33H,4H2,1-3,5-8H3/b38-33+,47-32+,48-41-,51-40-. The summed E-state index contributed by atoms with van der Waals surface area (Å²) in [7, 11) is 0. The van der Waals surface area contributed by atoms with Crippen LogP contribution in [0.15, 0.2) is 170 Å². The Bertz CT molecular complexity index is 2400. The largest absolute Gasteiger partial charge is 0.257 e. The molecule has 4 aromatic carbocycles. The van der Waals surface area contributed by atoms with Crippen molar-refractivity contribution in [2.24, 2.45) is 0 Å². The number of aromatic nitrogens is 2. The molecule has 0 saturated carbocycles. The maximum Gasteiger partial charge on any atom is 0.0698 e. The van der Waals surface area contributed by atoms with Gasteiger partial charge in [0.15, 0.2) is 0 Å². The van der Waals surface area contributed by atoms with Gasteiger partial charge in [-0.05, 0) is 174 Å². The van der Waals surface area contributed by atoms with E-state index in [9.17, 15) is 0 Å². The summed E-state index contributed by atoms with van der Waals surface area (Å²) in [5, 5.41) is 0. The van der Waals surface area contributed by atoms with Crippen LogP contribution in [0.4, 0.5) is 0 Å². The summed E-state index contributed by atoms with van der Waals surface area (Å²) in [5.41, 5.74) is 20.3. The van der Waals surface area contributed by atoms with Gasteiger partial charge in [0, 0.05) is 12.4 Å². The van der Waals surface area contributed by atoms with E-state index in [0.717, 1.165) is 55.9 Å². The van der Waals surface area contributed by atoms with Gasteiger partial charge in [0.25, 0.3) is 0 Å². The molecule has 0 atom stereocenters. The molecule has 0 unspecified atom stereocenters. The van der Waals surface area contributed by atoms with Crippen LogP contribution in [0.25, 0.3) is 39.0 Å². The molecule has 0 N–H and O–H groups in total. The zero-order chi connectivity index (χ0) is 37.5. The molecule has 0 aliphatic carbocycles. The van der Waals surface area contributed by atoms with Gasteiger partial charge in [0.05, 0.1) is 11.4 Å². The fourth-order valence-corrected chi connectivity index (χ4v) is 7.08. The average Bonchev–Trinajstić information content (AvgIpc) is 3.17. The minimum Gasteiger partial charge on any atom is -0.257 e. The number of pyridine rings is 2. The van der Waals surface area contributed by atoms with Gasteiger partial charge in [-0.3, -0.25) is 9.97 Å². The van der Waals surface area contributed by atoms with Crippen molar-refractivity contribution in [1.29, 1.82) is 0 Å². The second-order valence-electron chi connectivity index (χ2n) is 13.9. The second-order valence-corrected chi connectivity index (χ2v) is 13.9. The summed E-state index contributed by atoms with van der Waals surface area (Å²) in [5.74, 6) is 0. The van der Waals surface area contributed by atoms with Gasteiger partial charge in [0.2, 0.25) is 0 Å². The van der Waals surface area contributed by atoms with E-state index < -0.39 is 0 Å². The van der Waals surface area contributed by atoms with Crippen molar-refractivity contribution in [3.8, 4) is 11.1 Å². The number of aryl methyl sites for hydroxylation is 3. The third-order valence-corrected chi connectivity index (χ3v) is 10.0. The number of allylic oxidation sites excluding steroid dienone is 9. The fourth-order valence-electron chi connectivity index (χ4n) is 7.08. The van der Waals surface area contributed by atoms with Gasteiger partial charge in [-0.15, -0.1) is 0 Å². The summed E-state index contributed by atoms with van der Waals surface area (Å²) in [6, 6.07) is 45.1. The normalized spacial score (nSPS) is 13.0. The number of rotatable bonds is 10. The van der Waals surface area contributed by atoms with Crippen LogP contribution in [0, 0.1) is 27.7 Å². The summed E-state index contributed by atoms with van der Waals surface area (Å²) in [4.78, 5) is 9.46. The lowest BCUT2D eigenvalue weighted by atomic mass is 9.81. The smallest absolute Gasteiger partial charge is 0.0698 e. The van der Waals surface area contributed by atoms with Crippen molar-refractivity contribution in [2.75, 3.05) is 0 Å². The first kappa shape index (κ1) is 36.7. The molecule has 2 aromatic heterocycles. The van der Waals surface area contributed by atoms with Crippen LogP contribution < -0.4 is 0 Å². The Morgan fingerprint density at radius 3 is 1.75 bits per heavy atom. The molecule has 0 saturated heterocycles. The molecular weight excluding hydrogens is 641 g/mol. The van der Waals surface area contributed by atoms with Gasteiger partial charge in [-0.1, -0.05) is 110 Å². The third kappa shape index (κ3) is 8.35. The molecule has 2 nitrogen and oxygen atoms in total. The van der Waals surface area contributed by atoms with Gasteiger partial charge < -0.3 is 0 Å². The van der Waals surface area contributed by atoms with E-state index in [4.69, 9.17) is 9.97 Å². The van der Waals surface area contributed by atoms with Crippen molar-refractivity contribution in [2.45, 2.75) is 48.5 Å². The summed E-state index contributed by atoms with van der Waals surface area (Å²) in [6.45, 7) is 19.9. The first-order chi connectivity index (χ1) is 25.6. The van der Waals surface area contributed by atoms with Gasteiger partial charge in [-0.25, -0.2) is 0 Å². The highest BCUT2D eigenvalue weighted by molar-refractivity contribution is 6.03. The van der Waals surface area contributed by atoms with Gasteiger partial charge >= 0.3 is 0 Å². The molecule has 0 fully saturated rings. The molecule has 0 amide bonds. The number of hydrogen-bond donors (Lipinski definition) is 0. The predicted molar refractivity (Wildman–Crippen MR) is 228 cm³/mol. The Hall–Kier alpha value is -6.12. The Labute approximate surface area is 316 Å². The van der Waals surface area contributed by atoms with Gasteiger partial charge in [0.1, 0.15) is 0 Å². The van der Waals surface area contributed by atoms with Crippen LogP contribution in [0.5, 0.6) is 0 Å². The lowest BCUT2D eigenvalue weighted by Crippen LogP contribution is -2.02. The van der Waals surface area contributed by atoms with Crippen molar-refractivity contribution in [3.05, 3.63) is 220 Å². The van der Waals surface area contributed by atoms with Crippen LogP contribution in [0.2, 0.25) is 0 Å². The molecule has 262 valence electrons. The van der Waals surface area contributed by atoms with E-state index in [2.05, 4.69) is 182 Å². The first-order valence-electron chi connectivity index (χ1n) is 18.3. The van der Waals surface area contributed by atoms with E-state index in [-0.39, 0.29) is 0 Å². The molecule has 6 rings (SSSR count). The second kappa shape index (κ2) is 16.5. The lowest BCUT2D eigenvalue weighted by Gasteiger charge is -2.23. The maximum atomic E-state index is 4.76. The van der Waals surface area contributed by atoms with Crippen molar-refractivity contribution in [1.82, 2.24) is 9.97 Å². The SMILES string of the molecule is C=C(\C=C(/C(C)=C(/C(C)=C(/C=C(\C)c1cc(C)ccn1)c1ccccc1)c1cccc(-c2ccccc2C)c1C)c1ccccc1)c1cc(C)ccn1. The molecule has 2 heteroatoms. The van der Waals surface area contributed by atoms with E-state index in [1.54, 1.807) is 0 Å². The van der Waals surface area contributed by atoms with Crippen LogP contribution >= 0.6 is 0 Å². The van der Waals surface area contributed by atoms with E-state index in [0.29, 0.717) is 0 Å². The molecule has 0 spiro atoms. The molecule has 0 radical (unpaired) electrons. The minimum atomic E-state index is 0.864. The maximum absolute atomic E-state index is 4.76. The number of hydrogen-bond acceptors (Lipinski definition) is 2.